The number of carbonyl (C=O) groups is 1. The normalized spacial score (nSPS) is 21.9. The van der Waals surface area contributed by atoms with Crippen molar-refractivity contribution in [2.45, 2.75) is 32.7 Å². The van der Waals surface area contributed by atoms with Gasteiger partial charge in [-0.1, -0.05) is 18.5 Å². The SMILES string of the molecule is Cc1nc2n(n1)[C@@H](c1cc([N+](=O)[O-])ccc1Cl)C1=C(C[C@@H](C)CC1=O)N2. The number of nitro groups is 1. The van der Waals surface area contributed by atoms with Crippen LogP contribution in [-0.4, -0.2) is 25.5 Å². The van der Waals surface area contributed by atoms with Crippen molar-refractivity contribution in [3.8, 4) is 0 Å². The molecular weight excluding hydrogens is 358 g/mol. The fraction of sp³-hybridized carbons (Fsp3) is 0.353. The fourth-order valence-corrected chi connectivity index (χ4v) is 3.88. The molecule has 0 saturated carbocycles. The minimum Gasteiger partial charge on any atom is -0.328 e. The Balaban J connectivity index is 1.96. The zero-order valence-corrected chi connectivity index (χ0v) is 14.9. The molecule has 0 radical (unpaired) electrons. The average molecular weight is 374 g/mol. The second kappa shape index (κ2) is 5.91. The lowest BCUT2D eigenvalue weighted by molar-refractivity contribution is -0.384. The van der Waals surface area contributed by atoms with Gasteiger partial charge in [0.2, 0.25) is 5.95 Å². The number of anilines is 1. The van der Waals surface area contributed by atoms with Crippen LogP contribution in [0.5, 0.6) is 0 Å². The minimum absolute atomic E-state index is 0.00220. The number of hydrogen-bond acceptors (Lipinski definition) is 6. The number of fused-ring (bicyclic) bond motifs is 1. The number of aromatic nitrogens is 3. The molecule has 0 saturated heterocycles. The molecule has 0 bridgehead atoms. The number of allylic oxidation sites excluding steroid dienone is 2. The molecule has 0 unspecified atom stereocenters. The number of benzene rings is 1. The Labute approximate surface area is 154 Å². The van der Waals surface area contributed by atoms with E-state index in [1.807, 2.05) is 6.92 Å². The summed E-state index contributed by atoms with van der Waals surface area (Å²) in [4.78, 5) is 28.0. The van der Waals surface area contributed by atoms with Gasteiger partial charge in [-0.25, -0.2) is 4.68 Å². The first-order valence-corrected chi connectivity index (χ1v) is 8.63. The molecular formula is C17H16ClN5O3. The van der Waals surface area contributed by atoms with Gasteiger partial charge >= 0.3 is 0 Å². The third-order valence-electron chi connectivity index (χ3n) is 4.71. The molecule has 8 nitrogen and oxygen atoms in total. The smallest absolute Gasteiger partial charge is 0.269 e. The van der Waals surface area contributed by atoms with Crippen molar-refractivity contribution in [1.29, 1.82) is 0 Å². The second-order valence-electron chi connectivity index (χ2n) is 6.75. The van der Waals surface area contributed by atoms with Crippen molar-refractivity contribution in [2.24, 2.45) is 5.92 Å². The largest absolute Gasteiger partial charge is 0.328 e. The lowest BCUT2D eigenvalue weighted by Gasteiger charge is -2.34. The van der Waals surface area contributed by atoms with Gasteiger partial charge in [-0.05, 0) is 25.3 Å². The van der Waals surface area contributed by atoms with E-state index in [-0.39, 0.29) is 17.4 Å². The summed E-state index contributed by atoms with van der Waals surface area (Å²) in [6.07, 6.45) is 1.13. The summed E-state index contributed by atoms with van der Waals surface area (Å²) in [5.41, 5.74) is 1.74. The standard InChI is InChI=1S/C17H16ClN5O3/c1-8-5-13-15(14(24)6-8)16(22-17(20-13)19-9(2)21-22)11-7-10(23(25)26)3-4-12(11)18/h3-4,7-8,16H,5-6H2,1-2H3,(H,19,20,21)/t8-,16+/m1/s1. The molecule has 1 aromatic carbocycles. The highest BCUT2D eigenvalue weighted by atomic mass is 35.5. The number of carbonyl (C=O) groups excluding carboxylic acids is 1. The summed E-state index contributed by atoms with van der Waals surface area (Å²) in [7, 11) is 0. The summed E-state index contributed by atoms with van der Waals surface area (Å²) in [6.45, 7) is 3.77. The maximum Gasteiger partial charge on any atom is 0.269 e. The third-order valence-corrected chi connectivity index (χ3v) is 5.06. The predicted octanol–water partition coefficient (Wildman–Crippen LogP) is 3.42. The number of ketones is 1. The van der Waals surface area contributed by atoms with Crippen LogP contribution < -0.4 is 5.32 Å². The third kappa shape index (κ3) is 2.57. The average Bonchev–Trinajstić information content (AvgIpc) is 2.92. The Morgan fingerprint density at radius 2 is 2.15 bits per heavy atom. The van der Waals surface area contributed by atoms with Crippen molar-refractivity contribution in [1.82, 2.24) is 14.8 Å². The molecule has 0 amide bonds. The van der Waals surface area contributed by atoms with Gasteiger partial charge in [0.05, 0.1) is 4.92 Å². The van der Waals surface area contributed by atoms with E-state index in [9.17, 15) is 14.9 Å². The van der Waals surface area contributed by atoms with Crippen LogP contribution in [0.2, 0.25) is 5.02 Å². The van der Waals surface area contributed by atoms with Crippen molar-refractivity contribution in [3.05, 3.63) is 56.0 Å². The first-order chi connectivity index (χ1) is 12.3. The van der Waals surface area contributed by atoms with Gasteiger partial charge in [0.25, 0.3) is 5.69 Å². The van der Waals surface area contributed by atoms with Gasteiger partial charge in [-0.15, -0.1) is 0 Å². The van der Waals surface area contributed by atoms with Crippen LogP contribution in [0, 0.1) is 23.0 Å². The number of nitrogens with zero attached hydrogens (tertiary/aromatic N) is 4. The van der Waals surface area contributed by atoms with Gasteiger partial charge < -0.3 is 5.32 Å². The van der Waals surface area contributed by atoms with E-state index in [0.29, 0.717) is 40.8 Å². The fourth-order valence-electron chi connectivity index (χ4n) is 3.66. The molecule has 2 heterocycles. The molecule has 1 N–H and O–H groups in total. The molecule has 0 fully saturated rings. The van der Waals surface area contributed by atoms with Crippen molar-refractivity contribution in [2.75, 3.05) is 5.32 Å². The van der Waals surface area contributed by atoms with Gasteiger partial charge in [-0.2, -0.15) is 10.1 Å². The van der Waals surface area contributed by atoms with Crippen LogP contribution in [0.15, 0.2) is 29.5 Å². The first-order valence-electron chi connectivity index (χ1n) is 8.25. The van der Waals surface area contributed by atoms with Gasteiger partial charge in [0.1, 0.15) is 11.9 Å². The highest BCUT2D eigenvalue weighted by Crippen LogP contribution is 2.43. The van der Waals surface area contributed by atoms with Crippen LogP contribution in [0.4, 0.5) is 11.6 Å². The highest BCUT2D eigenvalue weighted by Gasteiger charge is 2.39. The molecule has 4 rings (SSSR count). The number of rotatable bonds is 2. The molecule has 1 aliphatic carbocycles. The van der Waals surface area contributed by atoms with Crippen molar-refractivity contribution in [3.63, 3.8) is 0 Å². The van der Waals surface area contributed by atoms with E-state index in [4.69, 9.17) is 11.6 Å². The number of nitrogens with one attached hydrogen (secondary N) is 1. The summed E-state index contributed by atoms with van der Waals surface area (Å²) in [5.74, 6) is 1.26. The number of halogens is 1. The maximum atomic E-state index is 12.8. The molecule has 1 aromatic heterocycles. The van der Waals surface area contributed by atoms with E-state index in [0.717, 1.165) is 5.70 Å². The number of nitro benzene ring substituents is 1. The summed E-state index contributed by atoms with van der Waals surface area (Å²) < 4.78 is 1.59. The van der Waals surface area contributed by atoms with Gasteiger partial charge in [-0.3, -0.25) is 14.9 Å². The number of aryl methyl sites for hydroxylation is 1. The molecule has 1 aliphatic heterocycles. The van der Waals surface area contributed by atoms with E-state index in [2.05, 4.69) is 15.4 Å². The molecule has 26 heavy (non-hydrogen) atoms. The minimum atomic E-state index is -0.630. The maximum absolute atomic E-state index is 12.8. The topological polar surface area (TPSA) is 103 Å². The van der Waals surface area contributed by atoms with Crippen LogP contribution in [0.1, 0.15) is 37.2 Å². The Morgan fingerprint density at radius 1 is 1.38 bits per heavy atom. The molecule has 9 heteroatoms. The quantitative estimate of drug-likeness (QED) is 0.639. The Kier molecular flexibility index (Phi) is 3.80. The Bertz CT molecular complexity index is 981. The number of non-ortho nitro benzene ring substituents is 1. The molecule has 2 aliphatic rings. The van der Waals surface area contributed by atoms with Gasteiger partial charge in [0.15, 0.2) is 5.78 Å². The first kappa shape index (κ1) is 16.7. The van der Waals surface area contributed by atoms with Crippen LogP contribution in [-0.2, 0) is 4.79 Å². The van der Waals surface area contributed by atoms with Crippen LogP contribution >= 0.6 is 11.6 Å². The zero-order valence-electron chi connectivity index (χ0n) is 14.2. The molecule has 134 valence electrons. The Hall–Kier alpha value is -2.74. The van der Waals surface area contributed by atoms with Crippen molar-refractivity contribution < 1.29 is 9.72 Å². The van der Waals surface area contributed by atoms with E-state index >= 15 is 0 Å². The summed E-state index contributed by atoms with van der Waals surface area (Å²) in [6, 6.07) is 3.61. The van der Waals surface area contributed by atoms with E-state index < -0.39 is 11.0 Å². The number of Topliss-reactive ketones (excluding diaryl/α,β-unsaturated/α-hetero) is 1. The summed E-state index contributed by atoms with van der Waals surface area (Å²) in [5, 5.41) is 19.2. The summed E-state index contributed by atoms with van der Waals surface area (Å²) >= 11 is 6.38. The second-order valence-corrected chi connectivity index (χ2v) is 7.15. The molecule has 2 atom stereocenters. The van der Waals surface area contributed by atoms with Gasteiger partial charge in [0, 0.05) is 40.4 Å². The molecule has 0 spiro atoms. The van der Waals surface area contributed by atoms with E-state index in [1.54, 1.807) is 11.6 Å². The lowest BCUT2D eigenvalue weighted by atomic mass is 9.81. The lowest BCUT2D eigenvalue weighted by Crippen LogP contribution is -2.33. The van der Waals surface area contributed by atoms with Crippen molar-refractivity contribution >= 4 is 29.0 Å². The Morgan fingerprint density at radius 3 is 2.88 bits per heavy atom. The van der Waals surface area contributed by atoms with E-state index in [1.165, 1.54) is 18.2 Å². The number of hydrogen-bond donors (Lipinski definition) is 1. The van der Waals surface area contributed by atoms with Crippen LogP contribution in [0.25, 0.3) is 0 Å². The van der Waals surface area contributed by atoms with Crippen LogP contribution in [0.3, 0.4) is 0 Å². The predicted molar refractivity (Wildman–Crippen MR) is 95.1 cm³/mol. The molecule has 2 aromatic rings. The highest BCUT2D eigenvalue weighted by molar-refractivity contribution is 6.31. The monoisotopic (exact) mass is 373 g/mol. The zero-order chi connectivity index (χ0) is 18.6.